The van der Waals surface area contributed by atoms with Crippen LogP contribution in [0.1, 0.15) is 30.1 Å². The Morgan fingerprint density at radius 2 is 2.15 bits per heavy atom. The van der Waals surface area contributed by atoms with E-state index in [9.17, 15) is 0 Å². The smallest absolute Gasteiger partial charge is 0.0703 e. The number of hydrogen-bond donors (Lipinski definition) is 1. The molecule has 1 aliphatic rings. The van der Waals surface area contributed by atoms with Gasteiger partial charge in [-0.1, -0.05) is 6.07 Å². The highest BCUT2D eigenvalue weighted by Crippen LogP contribution is 2.31. The molecule has 0 fully saturated rings. The van der Waals surface area contributed by atoms with E-state index in [1.807, 2.05) is 12.3 Å². The van der Waals surface area contributed by atoms with Crippen LogP contribution in [-0.4, -0.2) is 9.55 Å². The lowest BCUT2D eigenvalue weighted by Gasteiger charge is -2.21. The fourth-order valence-corrected chi connectivity index (χ4v) is 3.18. The zero-order valence-corrected chi connectivity index (χ0v) is 11.3. The van der Waals surface area contributed by atoms with Crippen LogP contribution in [0.15, 0.2) is 48.8 Å². The fraction of sp³-hybridized carbons (Fsp3) is 0.235. The van der Waals surface area contributed by atoms with E-state index in [-0.39, 0.29) is 6.04 Å². The maximum absolute atomic E-state index is 6.20. The lowest BCUT2D eigenvalue weighted by atomic mass is 9.93. The molecule has 3 aromatic rings. The number of benzene rings is 1. The number of aromatic nitrogens is 2. The Labute approximate surface area is 118 Å². The van der Waals surface area contributed by atoms with Gasteiger partial charge in [0.1, 0.15) is 0 Å². The van der Waals surface area contributed by atoms with Gasteiger partial charge in [-0.05, 0) is 55.2 Å². The minimum Gasteiger partial charge on any atom is -0.324 e. The van der Waals surface area contributed by atoms with Gasteiger partial charge in [-0.2, -0.15) is 0 Å². The van der Waals surface area contributed by atoms with Gasteiger partial charge in [0.25, 0.3) is 0 Å². The third-order valence-corrected chi connectivity index (χ3v) is 4.22. The molecule has 2 heterocycles. The maximum Gasteiger partial charge on any atom is 0.0703 e. The second-order valence-corrected chi connectivity index (χ2v) is 5.47. The summed E-state index contributed by atoms with van der Waals surface area (Å²) < 4.78 is 2.28. The third kappa shape index (κ3) is 1.74. The Bertz CT molecular complexity index is 773. The van der Waals surface area contributed by atoms with E-state index in [0.717, 1.165) is 18.4 Å². The van der Waals surface area contributed by atoms with Gasteiger partial charge in [0.2, 0.25) is 0 Å². The highest BCUT2D eigenvalue weighted by molar-refractivity contribution is 5.80. The molecule has 1 aromatic carbocycles. The Kier molecular flexibility index (Phi) is 2.60. The summed E-state index contributed by atoms with van der Waals surface area (Å²) in [6.45, 7) is 0. The van der Waals surface area contributed by atoms with Crippen LogP contribution in [0, 0.1) is 0 Å². The number of hydrogen-bond acceptors (Lipinski definition) is 2. The maximum atomic E-state index is 6.20. The highest BCUT2D eigenvalue weighted by atomic mass is 15.0. The van der Waals surface area contributed by atoms with Gasteiger partial charge in [0, 0.05) is 35.2 Å². The molecular weight excluding hydrogens is 246 g/mol. The molecule has 0 saturated heterocycles. The van der Waals surface area contributed by atoms with Crippen molar-refractivity contribution in [2.75, 3.05) is 0 Å². The van der Waals surface area contributed by atoms with E-state index in [1.165, 1.54) is 28.8 Å². The van der Waals surface area contributed by atoms with Crippen molar-refractivity contribution in [3.63, 3.8) is 0 Å². The number of nitrogens with zero attached hydrogens (tertiary/aromatic N) is 2. The summed E-state index contributed by atoms with van der Waals surface area (Å²) in [5, 5.41) is 1.17. The Hall–Kier alpha value is -2.13. The van der Waals surface area contributed by atoms with Gasteiger partial charge < -0.3 is 10.3 Å². The van der Waals surface area contributed by atoms with Crippen LogP contribution in [0.4, 0.5) is 0 Å². The second-order valence-electron chi connectivity index (χ2n) is 5.47. The molecule has 0 amide bonds. The first kappa shape index (κ1) is 11.7. The highest BCUT2D eigenvalue weighted by Gasteiger charge is 2.20. The van der Waals surface area contributed by atoms with Crippen LogP contribution in [0.2, 0.25) is 0 Å². The predicted molar refractivity (Wildman–Crippen MR) is 80.9 cm³/mol. The monoisotopic (exact) mass is 263 g/mol. The number of pyridine rings is 1. The molecule has 100 valence electrons. The van der Waals surface area contributed by atoms with E-state index >= 15 is 0 Å². The van der Waals surface area contributed by atoms with Gasteiger partial charge in [-0.25, -0.2) is 0 Å². The van der Waals surface area contributed by atoms with Crippen LogP contribution < -0.4 is 5.73 Å². The van der Waals surface area contributed by atoms with Gasteiger partial charge in [0.15, 0.2) is 0 Å². The minimum atomic E-state index is 0.196. The first-order valence-corrected chi connectivity index (χ1v) is 7.14. The average molecular weight is 263 g/mol. The van der Waals surface area contributed by atoms with Crippen molar-refractivity contribution in [1.82, 2.24) is 9.55 Å². The molecule has 3 heteroatoms. The first-order chi connectivity index (χ1) is 9.83. The Balaban J connectivity index is 1.87. The van der Waals surface area contributed by atoms with Crippen LogP contribution in [0.25, 0.3) is 16.6 Å². The Morgan fingerprint density at radius 3 is 3.10 bits per heavy atom. The molecule has 2 N–H and O–H groups in total. The van der Waals surface area contributed by atoms with E-state index in [0.29, 0.717) is 0 Å². The van der Waals surface area contributed by atoms with E-state index in [1.54, 1.807) is 0 Å². The zero-order valence-electron chi connectivity index (χ0n) is 11.3. The molecular formula is C17H17N3. The molecule has 1 atom stereocenters. The molecule has 0 saturated carbocycles. The van der Waals surface area contributed by atoms with Crippen LogP contribution in [0.3, 0.4) is 0 Å². The number of fused-ring (bicyclic) bond motifs is 2. The molecule has 1 aliphatic carbocycles. The fourth-order valence-electron chi connectivity index (χ4n) is 3.18. The van der Waals surface area contributed by atoms with Crippen LogP contribution >= 0.6 is 0 Å². The van der Waals surface area contributed by atoms with Crippen LogP contribution in [-0.2, 0) is 6.42 Å². The molecule has 4 rings (SSSR count). The number of rotatable bonds is 1. The number of nitrogens with two attached hydrogens (primary N) is 1. The summed E-state index contributed by atoms with van der Waals surface area (Å²) in [5.41, 5.74) is 11.1. The summed E-state index contributed by atoms with van der Waals surface area (Å²) in [4.78, 5) is 4.37. The van der Waals surface area contributed by atoms with Crippen molar-refractivity contribution < 1.29 is 0 Å². The summed E-state index contributed by atoms with van der Waals surface area (Å²) in [6, 6.07) is 12.9. The molecule has 1 unspecified atom stereocenters. The topological polar surface area (TPSA) is 43.8 Å². The molecule has 20 heavy (non-hydrogen) atoms. The van der Waals surface area contributed by atoms with Crippen molar-refractivity contribution >= 4 is 10.9 Å². The Morgan fingerprint density at radius 1 is 1.20 bits per heavy atom. The third-order valence-electron chi connectivity index (χ3n) is 4.22. The normalized spacial score (nSPS) is 18.1. The van der Waals surface area contributed by atoms with Crippen LogP contribution in [0.5, 0.6) is 0 Å². The SMILES string of the molecule is NC1CCCc2c1ccn2-c1ccc2ncccc2c1. The largest absolute Gasteiger partial charge is 0.324 e. The van der Waals surface area contributed by atoms with E-state index in [4.69, 9.17) is 5.73 Å². The van der Waals surface area contributed by atoms with Crippen molar-refractivity contribution in [1.29, 1.82) is 0 Å². The lowest BCUT2D eigenvalue weighted by molar-refractivity contribution is 0.560. The first-order valence-electron chi connectivity index (χ1n) is 7.14. The molecule has 3 nitrogen and oxygen atoms in total. The van der Waals surface area contributed by atoms with Crippen molar-refractivity contribution in [3.8, 4) is 5.69 Å². The van der Waals surface area contributed by atoms with Gasteiger partial charge in [-0.3, -0.25) is 4.98 Å². The van der Waals surface area contributed by atoms with Gasteiger partial charge >= 0.3 is 0 Å². The van der Waals surface area contributed by atoms with E-state index < -0.39 is 0 Å². The summed E-state index contributed by atoms with van der Waals surface area (Å²) in [7, 11) is 0. The summed E-state index contributed by atoms with van der Waals surface area (Å²) >= 11 is 0. The second kappa shape index (κ2) is 4.46. The summed E-state index contributed by atoms with van der Waals surface area (Å²) in [6.07, 6.45) is 7.36. The quantitative estimate of drug-likeness (QED) is 0.731. The zero-order chi connectivity index (χ0) is 13.5. The van der Waals surface area contributed by atoms with Crippen molar-refractivity contribution in [3.05, 3.63) is 60.0 Å². The molecule has 2 aromatic heterocycles. The molecule has 0 bridgehead atoms. The molecule has 0 aliphatic heterocycles. The van der Waals surface area contributed by atoms with Gasteiger partial charge in [0.05, 0.1) is 5.52 Å². The predicted octanol–water partition coefficient (Wildman–Crippen LogP) is 3.36. The standard InChI is InChI=1S/C17H17N3/c18-15-4-1-5-17-14(15)8-10-20(17)13-6-7-16-12(11-13)3-2-9-19-16/h2-3,6-11,15H,1,4-5,18H2. The molecule has 0 radical (unpaired) electrons. The van der Waals surface area contributed by atoms with E-state index in [2.05, 4.69) is 46.1 Å². The average Bonchev–Trinajstić information content (AvgIpc) is 2.92. The summed E-state index contributed by atoms with van der Waals surface area (Å²) in [5.74, 6) is 0. The van der Waals surface area contributed by atoms with Crippen molar-refractivity contribution in [2.24, 2.45) is 5.73 Å². The van der Waals surface area contributed by atoms with Crippen molar-refractivity contribution in [2.45, 2.75) is 25.3 Å². The van der Waals surface area contributed by atoms with Gasteiger partial charge in [-0.15, -0.1) is 0 Å². The molecule has 0 spiro atoms. The lowest BCUT2D eigenvalue weighted by Crippen LogP contribution is -2.17. The minimum absolute atomic E-state index is 0.196.